The molecule has 4 heterocycles. The van der Waals surface area contributed by atoms with E-state index in [1.807, 2.05) is 11.8 Å². The van der Waals surface area contributed by atoms with Gasteiger partial charge in [0.25, 0.3) is 0 Å². The van der Waals surface area contributed by atoms with Gasteiger partial charge in [0.15, 0.2) is 5.82 Å². The quantitative estimate of drug-likeness (QED) is 0.284. The van der Waals surface area contributed by atoms with Crippen molar-refractivity contribution in [3.63, 3.8) is 0 Å². The van der Waals surface area contributed by atoms with Crippen LogP contribution in [0.3, 0.4) is 0 Å². The third kappa shape index (κ3) is 6.09. The number of carbonyl (C=O) groups excluding carboxylic acids is 1. The molecule has 1 amide bonds. The monoisotopic (exact) mass is 604 g/mol. The second kappa shape index (κ2) is 12.4. The molecule has 0 spiro atoms. The number of fused-ring (bicyclic) bond motifs is 3. The van der Waals surface area contributed by atoms with Crippen molar-refractivity contribution in [3.8, 4) is 17.3 Å². The molecule has 2 aromatic heterocycles. The number of amides is 1. The van der Waals surface area contributed by atoms with Gasteiger partial charge in [0.1, 0.15) is 23.0 Å². The van der Waals surface area contributed by atoms with Crippen molar-refractivity contribution in [2.75, 3.05) is 18.0 Å². The first-order valence-corrected chi connectivity index (χ1v) is 15.0. The number of carbonyl (C=O) groups is 1. The van der Waals surface area contributed by atoms with Crippen molar-refractivity contribution in [1.82, 2.24) is 20.3 Å². The second-order valence-electron chi connectivity index (χ2n) is 12.6. The summed E-state index contributed by atoms with van der Waals surface area (Å²) in [5, 5.41) is 13.8. The van der Waals surface area contributed by atoms with Gasteiger partial charge in [-0.2, -0.15) is 5.26 Å². The number of nitrogens with one attached hydrogen (secondary N) is 1. The number of anilines is 1. The second-order valence-corrected chi connectivity index (χ2v) is 12.6. The first kappa shape index (κ1) is 31.3. The molecule has 9 nitrogen and oxygen atoms in total. The van der Waals surface area contributed by atoms with E-state index in [2.05, 4.69) is 33.3 Å². The molecule has 44 heavy (non-hydrogen) atoms. The van der Waals surface area contributed by atoms with E-state index in [-0.39, 0.29) is 52.4 Å². The minimum absolute atomic E-state index is 0.00889. The van der Waals surface area contributed by atoms with Crippen LogP contribution in [0, 0.1) is 35.8 Å². The summed E-state index contributed by atoms with van der Waals surface area (Å²) in [5.74, 6) is -0.391. The maximum Gasteiger partial charge on any atom is 0.411 e. The van der Waals surface area contributed by atoms with Crippen LogP contribution >= 0.6 is 0 Å². The van der Waals surface area contributed by atoms with Crippen LogP contribution in [-0.2, 0) is 22.7 Å². The predicted octanol–water partition coefficient (Wildman–Crippen LogP) is 7.10. The molecule has 0 saturated carbocycles. The molecule has 0 radical (unpaired) electrons. The van der Waals surface area contributed by atoms with E-state index in [1.165, 1.54) is 6.92 Å². The van der Waals surface area contributed by atoms with E-state index in [9.17, 15) is 10.1 Å². The first-order valence-electron chi connectivity index (χ1n) is 15.0. The van der Waals surface area contributed by atoms with Gasteiger partial charge < -0.3 is 14.4 Å². The Hall–Kier alpha value is -4.17. The highest BCUT2D eigenvalue weighted by molar-refractivity contribution is 5.96. The number of hydrogen-bond acceptors (Lipinski definition) is 8. The zero-order valence-electron chi connectivity index (χ0n) is 26.1. The zero-order valence-corrected chi connectivity index (χ0v) is 26.1. The minimum Gasteiger partial charge on any atom is -0.444 e. The van der Waals surface area contributed by atoms with Gasteiger partial charge in [-0.1, -0.05) is 20.3 Å². The molecule has 1 saturated heterocycles. The van der Waals surface area contributed by atoms with E-state index >= 15 is 8.78 Å². The molecule has 1 atom stereocenters. The number of aromatic nitrogens is 3. The molecule has 1 N–H and O–H groups in total. The van der Waals surface area contributed by atoms with Gasteiger partial charge in [0.05, 0.1) is 30.7 Å². The summed E-state index contributed by atoms with van der Waals surface area (Å²) in [6.45, 7) is 12.7. The van der Waals surface area contributed by atoms with Crippen molar-refractivity contribution in [3.05, 3.63) is 52.0 Å². The van der Waals surface area contributed by atoms with Crippen LogP contribution in [0.1, 0.15) is 82.6 Å². The van der Waals surface area contributed by atoms with E-state index in [0.29, 0.717) is 35.7 Å². The van der Waals surface area contributed by atoms with Gasteiger partial charge in [-0.25, -0.2) is 23.5 Å². The smallest absolute Gasteiger partial charge is 0.411 e. The fraction of sp³-hybridized carbons (Fsp3) is 0.485. The molecule has 11 heteroatoms. The Kier molecular flexibility index (Phi) is 8.84. The molecule has 0 bridgehead atoms. The van der Waals surface area contributed by atoms with Crippen LogP contribution in [0.15, 0.2) is 18.1 Å². The van der Waals surface area contributed by atoms with Crippen LogP contribution in [0.2, 0.25) is 0 Å². The Labute approximate surface area is 256 Å². The number of hydrogen-bond donors (Lipinski definition) is 1. The lowest BCUT2D eigenvalue weighted by molar-refractivity contribution is 0.0544. The lowest BCUT2D eigenvalue weighted by Crippen LogP contribution is -2.32. The Morgan fingerprint density at radius 2 is 1.98 bits per heavy atom. The highest BCUT2D eigenvalue weighted by atomic mass is 19.1. The van der Waals surface area contributed by atoms with Crippen LogP contribution in [0.25, 0.3) is 27.7 Å². The summed E-state index contributed by atoms with van der Waals surface area (Å²) in [5.41, 5.74) is 1.24. The predicted molar refractivity (Wildman–Crippen MR) is 163 cm³/mol. The number of rotatable bonds is 7. The van der Waals surface area contributed by atoms with Gasteiger partial charge in [0, 0.05) is 41.5 Å². The first-order chi connectivity index (χ1) is 20.9. The molecule has 1 fully saturated rings. The lowest BCUT2D eigenvalue weighted by Gasteiger charge is -2.22. The largest absolute Gasteiger partial charge is 0.444 e. The highest BCUT2D eigenvalue weighted by Gasteiger charge is 2.32. The fourth-order valence-electron chi connectivity index (χ4n) is 5.80. The molecule has 1 aromatic carbocycles. The zero-order chi connectivity index (χ0) is 31.8. The third-order valence-corrected chi connectivity index (χ3v) is 8.00. The van der Waals surface area contributed by atoms with Crippen molar-refractivity contribution in [2.24, 2.45) is 5.92 Å². The molecule has 1 unspecified atom stereocenters. The SMILES string of the molecule is CCCC/C(NC(=O)OC(C)(C)C)=C(/C#N)c1c(-c2c3c(c4cnc(N5CCC(C)C5)nc4c2F)COC3)ncc(F)c1C. The van der Waals surface area contributed by atoms with Crippen molar-refractivity contribution >= 4 is 28.5 Å². The van der Waals surface area contributed by atoms with E-state index in [4.69, 9.17) is 9.47 Å². The minimum atomic E-state index is -0.781. The Balaban J connectivity index is 1.75. The average molecular weight is 605 g/mol. The third-order valence-electron chi connectivity index (χ3n) is 8.00. The molecule has 232 valence electrons. The average Bonchev–Trinajstić information content (AvgIpc) is 3.63. The number of pyridine rings is 1. The number of unbranched alkanes of at least 4 members (excludes halogenated alkanes) is 1. The van der Waals surface area contributed by atoms with E-state index in [1.54, 1.807) is 27.0 Å². The molecular weight excluding hydrogens is 566 g/mol. The standard InChI is InChI=1S/C33H38F2N6O3/c1-7-8-9-25(39-32(42)44-33(4,5)6)20(12-36)26-19(3)24(34)14-37-30(26)27-23-17-43-16-22(23)21-13-38-31(40-29(21)28(27)35)41-11-10-18(2)15-41/h13-14,18H,7-11,15-17H2,1-6H3,(H,39,42)/b25-20+. The van der Waals surface area contributed by atoms with E-state index in [0.717, 1.165) is 37.7 Å². The number of benzene rings is 1. The molecule has 2 aliphatic rings. The van der Waals surface area contributed by atoms with Gasteiger partial charge in [0.2, 0.25) is 5.95 Å². The topological polar surface area (TPSA) is 113 Å². The number of nitrogens with zero attached hydrogens (tertiary/aromatic N) is 5. The molecule has 0 aliphatic carbocycles. The summed E-state index contributed by atoms with van der Waals surface area (Å²) < 4.78 is 43.3. The fourth-order valence-corrected chi connectivity index (χ4v) is 5.80. The van der Waals surface area contributed by atoms with Gasteiger partial charge in [-0.3, -0.25) is 10.3 Å². The summed E-state index contributed by atoms with van der Waals surface area (Å²) in [4.78, 5) is 28.5. The number of ether oxygens (including phenoxy) is 2. The van der Waals surface area contributed by atoms with E-state index < -0.39 is 23.3 Å². The summed E-state index contributed by atoms with van der Waals surface area (Å²) >= 11 is 0. The highest BCUT2D eigenvalue weighted by Crippen LogP contribution is 2.42. The van der Waals surface area contributed by atoms with Crippen LogP contribution < -0.4 is 10.2 Å². The van der Waals surface area contributed by atoms with Crippen molar-refractivity contribution in [2.45, 2.75) is 86.0 Å². The summed E-state index contributed by atoms with van der Waals surface area (Å²) in [7, 11) is 0. The maximum atomic E-state index is 16.8. The Bertz CT molecular complexity index is 1690. The number of halogens is 2. The Morgan fingerprint density at radius 3 is 2.64 bits per heavy atom. The molecular formula is C33H38F2N6O3. The van der Waals surface area contributed by atoms with Gasteiger partial charge in [-0.05, 0) is 69.6 Å². The number of allylic oxidation sites excluding steroid dienone is 2. The van der Waals surface area contributed by atoms with Crippen LogP contribution in [0.4, 0.5) is 19.5 Å². The summed E-state index contributed by atoms with van der Waals surface area (Å²) in [6.07, 6.45) is 4.63. The van der Waals surface area contributed by atoms with Gasteiger partial charge >= 0.3 is 6.09 Å². The Morgan fingerprint density at radius 1 is 1.23 bits per heavy atom. The van der Waals surface area contributed by atoms with Crippen molar-refractivity contribution < 1.29 is 23.0 Å². The normalized spacial score (nSPS) is 17.0. The van der Waals surface area contributed by atoms with Crippen molar-refractivity contribution in [1.29, 1.82) is 5.26 Å². The maximum absolute atomic E-state index is 16.8. The van der Waals surface area contributed by atoms with Crippen LogP contribution in [-0.4, -0.2) is 39.7 Å². The number of alkyl carbamates (subject to hydrolysis) is 1. The van der Waals surface area contributed by atoms with Crippen LogP contribution in [0.5, 0.6) is 0 Å². The molecule has 2 aliphatic heterocycles. The number of nitriles is 1. The lowest BCUT2D eigenvalue weighted by atomic mass is 9.89. The molecule has 3 aromatic rings. The molecule has 5 rings (SSSR count). The van der Waals surface area contributed by atoms with Gasteiger partial charge in [-0.15, -0.1) is 0 Å². The summed E-state index contributed by atoms with van der Waals surface area (Å²) in [6, 6.07) is 2.17.